The summed E-state index contributed by atoms with van der Waals surface area (Å²) in [5.41, 5.74) is 3.10. The van der Waals surface area contributed by atoms with E-state index < -0.39 is 6.04 Å². The molecule has 8 nitrogen and oxygen atoms in total. The predicted octanol–water partition coefficient (Wildman–Crippen LogP) is 3.34. The first-order valence-electron chi connectivity index (χ1n) is 11.1. The van der Waals surface area contributed by atoms with Crippen LogP contribution in [0.1, 0.15) is 18.4 Å². The van der Waals surface area contributed by atoms with E-state index in [1.54, 1.807) is 40.3 Å². The average molecular weight is 444 g/mol. The molecular formula is C25H24N4O4. The zero-order valence-electron chi connectivity index (χ0n) is 18.1. The third-order valence-electron chi connectivity index (χ3n) is 6.20. The van der Waals surface area contributed by atoms with Crippen molar-refractivity contribution in [1.29, 1.82) is 0 Å². The van der Waals surface area contributed by atoms with Gasteiger partial charge in [0.1, 0.15) is 18.0 Å². The number of anilines is 1. The fourth-order valence-electron chi connectivity index (χ4n) is 4.51. The first kappa shape index (κ1) is 20.9. The van der Waals surface area contributed by atoms with Crippen LogP contribution < -0.4 is 4.90 Å². The highest BCUT2D eigenvalue weighted by molar-refractivity contribution is 6.21. The largest absolute Gasteiger partial charge is 0.364 e. The van der Waals surface area contributed by atoms with Gasteiger partial charge < -0.3 is 14.3 Å². The minimum atomic E-state index is -0.653. The van der Waals surface area contributed by atoms with Gasteiger partial charge in [-0.1, -0.05) is 53.7 Å². The standard InChI is InChI=1S/C25H24N4O4/c30-22(13-12-19-17-33-26-23(19)18-8-3-1-4-9-18)27-14-7-15-28-21(16-27)24(31)29(25(28)32)20-10-5-2-6-11-20/h1-6,8-11,17,21H,7,12-16H2. The lowest BCUT2D eigenvalue weighted by Crippen LogP contribution is -2.43. The number of urea groups is 1. The van der Waals surface area contributed by atoms with Crippen molar-refractivity contribution in [3.05, 3.63) is 72.5 Å². The molecule has 33 heavy (non-hydrogen) atoms. The quantitative estimate of drug-likeness (QED) is 0.564. The molecule has 1 unspecified atom stereocenters. The number of aryl methyl sites for hydroxylation is 1. The van der Waals surface area contributed by atoms with Crippen molar-refractivity contribution in [2.24, 2.45) is 0 Å². The lowest BCUT2D eigenvalue weighted by atomic mass is 10.0. The molecule has 8 heteroatoms. The Morgan fingerprint density at radius 3 is 2.48 bits per heavy atom. The molecule has 1 aromatic heterocycles. The first-order valence-corrected chi connectivity index (χ1v) is 11.1. The number of hydrogen-bond acceptors (Lipinski definition) is 5. The van der Waals surface area contributed by atoms with Crippen molar-refractivity contribution in [1.82, 2.24) is 15.0 Å². The number of carbonyl (C=O) groups excluding carboxylic acids is 3. The number of amides is 4. The SMILES string of the molecule is O=C(CCc1conc1-c1ccccc1)N1CCCN2C(=O)N(c3ccccc3)C(=O)C2C1. The highest BCUT2D eigenvalue weighted by Crippen LogP contribution is 2.28. The number of aromatic nitrogens is 1. The number of para-hydroxylation sites is 1. The minimum Gasteiger partial charge on any atom is -0.364 e. The summed E-state index contributed by atoms with van der Waals surface area (Å²) in [5, 5.41) is 4.10. The van der Waals surface area contributed by atoms with E-state index in [2.05, 4.69) is 5.16 Å². The van der Waals surface area contributed by atoms with Crippen LogP contribution >= 0.6 is 0 Å². The van der Waals surface area contributed by atoms with E-state index in [0.29, 0.717) is 31.6 Å². The van der Waals surface area contributed by atoms with E-state index in [9.17, 15) is 14.4 Å². The minimum absolute atomic E-state index is 0.0459. The van der Waals surface area contributed by atoms with Crippen LogP contribution in [-0.2, 0) is 16.0 Å². The molecule has 0 radical (unpaired) electrons. The normalized spacial score (nSPS) is 18.4. The van der Waals surface area contributed by atoms with Gasteiger partial charge in [0.15, 0.2) is 0 Å². The van der Waals surface area contributed by atoms with Crippen LogP contribution in [0.15, 0.2) is 71.4 Å². The summed E-state index contributed by atoms with van der Waals surface area (Å²) in [6, 6.07) is 17.6. The fourth-order valence-corrected chi connectivity index (χ4v) is 4.51. The van der Waals surface area contributed by atoms with Gasteiger partial charge in [-0.25, -0.2) is 9.69 Å². The Morgan fingerprint density at radius 1 is 1.00 bits per heavy atom. The maximum absolute atomic E-state index is 13.1. The molecule has 4 amide bonds. The number of nitrogens with zero attached hydrogens (tertiary/aromatic N) is 4. The molecule has 2 aliphatic heterocycles. The Balaban J connectivity index is 1.27. The lowest BCUT2D eigenvalue weighted by molar-refractivity contribution is -0.132. The van der Waals surface area contributed by atoms with Crippen LogP contribution in [-0.4, -0.2) is 58.5 Å². The number of carbonyl (C=O) groups is 3. The van der Waals surface area contributed by atoms with E-state index in [1.165, 1.54) is 4.90 Å². The number of imide groups is 1. The maximum atomic E-state index is 13.1. The summed E-state index contributed by atoms with van der Waals surface area (Å²) in [6.45, 7) is 1.18. The average Bonchev–Trinajstić information content (AvgIpc) is 3.31. The Morgan fingerprint density at radius 2 is 1.73 bits per heavy atom. The van der Waals surface area contributed by atoms with Crippen LogP contribution in [0.5, 0.6) is 0 Å². The summed E-state index contributed by atoms with van der Waals surface area (Å²) in [7, 11) is 0. The number of benzene rings is 2. The van der Waals surface area contributed by atoms with Gasteiger partial charge in [-0.3, -0.25) is 9.59 Å². The van der Waals surface area contributed by atoms with Gasteiger partial charge in [0.05, 0.1) is 12.2 Å². The van der Waals surface area contributed by atoms with E-state index in [0.717, 1.165) is 16.8 Å². The predicted molar refractivity (Wildman–Crippen MR) is 121 cm³/mol. The second-order valence-electron chi connectivity index (χ2n) is 8.25. The van der Waals surface area contributed by atoms with E-state index >= 15 is 0 Å². The van der Waals surface area contributed by atoms with Gasteiger partial charge in [0, 0.05) is 30.6 Å². The van der Waals surface area contributed by atoms with Gasteiger partial charge in [0.2, 0.25) is 5.91 Å². The molecule has 0 saturated carbocycles. The molecule has 0 N–H and O–H groups in total. The molecule has 3 aromatic rings. The van der Waals surface area contributed by atoms with Crippen molar-refractivity contribution in [3.63, 3.8) is 0 Å². The fraction of sp³-hybridized carbons (Fsp3) is 0.280. The number of rotatable bonds is 5. The topological polar surface area (TPSA) is 87.0 Å². The molecule has 2 fully saturated rings. The zero-order valence-corrected chi connectivity index (χ0v) is 18.1. The molecule has 2 aliphatic rings. The van der Waals surface area contributed by atoms with Crippen molar-refractivity contribution in [2.75, 3.05) is 24.5 Å². The Labute approximate surface area is 191 Å². The molecule has 0 spiro atoms. The highest BCUT2D eigenvalue weighted by Gasteiger charge is 2.47. The molecule has 5 rings (SSSR count). The van der Waals surface area contributed by atoms with Crippen molar-refractivity contribution in [3.8, 4) is 11.3 Å². The third-order valence-corrected chi connectivity index (χ3v) is 6.20. The molecule has 0 bridgehead atoms. The smallest absolute Gasteiger partial charge is 0.332 e. The molecule has 1 atom stereocenters. The van der Waals surface area contributed by atoms with Gasteiger partial charge in [0.25, 0.3) is 5.91 Å². The van der Waals surface area contributed by atoms with Crippen LogP contribution in [0, 0.1) is 0 Å². The number of hydrogen-bond donors (Lipinski definition) is 0. The summed E-state index contributed by atoms with van der Waals surface area (Å²) in [6.07, 6.45) is 2.97. The molecule has 168 valence electrons. The molecule has 3 heterocycles. The van der Waals surface area contributed by atoms with E-state index in [1.807, 2.05) is 36.4 Å². The van der Waals surface area contributed by atoms with Crippen LogP contribution in [0.4, 0.5) is 10.5 Å². The highest BCUT2D eigenvalue weighted by atomic mass is 16.5. The molecule has 0 aliphatic carbocycles. The molecule has 2 saturated heterocycles. The summed E-state index contributed by atoms with van der Waals surface area (Å²) in [5.74, 6) is -0.327. The Bertz CT molecular complexity index is 1160. The molecular weight excluding hydrogens is 420 g/mol. The van der Waals surface area contributed by atoms with Gasteiger partial charge in [-0.2, -0.15) is 0 Å². The summed E-state index contributed by atoms with van der Waals surface area (Å²) < 4.78 is 5.17. The van der Waals surface area contributed by atoms with Crippen LogP contribution in [0.2, 0.25) is 0 Å². The van der Waals surface area contributed by atoms with E-state index in [-0.39, 0.29) is 30.8 Å². The van der Waals surface area contributed by atoms with Crippen LogP contribution in [0.3, 0.4) is 0 Å². The zero-order chi connectivity index (χ0) is 22.8. The van der Waals surface area contributed by atoms with Gasteiger partial charge >= 0.3 is 6.03 Å². The second-order valence-corrected chi connectivity index (χ2v) is 8.25. The first-order chi connectivity index (χ1) is 16.1. The molecule has 2 aromatic carbocycles. The summed E-state index contributed by atoms with van der Waals surface area (Å²) >= 11 is 0. The van der Waals surface area contributed by atoms with Crippen molar-refractivity contribution in [2.45, 2.75) is 25.3 Å². The van der Waals surface area contributed by atoms with Crippen molar-refractivity contribution < 1.29 is 18.9 Å². The second kappa shape index (κ2) is 8.90. The lowest BCUT2D eigenvalue weighted by Gasteiger charge is -2.23. The Hall–Kier alpha value is -3.94. The monoisotopic (exact) mass is 444 g/mol. The van der Waals surface area contributed by atoms with Gasteiger partial charge in [-0.15, -0.1) is 0 Å². The number of fused-ring (bicyclic) bond motifs is 1. The van der Waals surface area contributed by atoms with Crippen LogP contribution in [0.25, 0.3) is 11.3 Å². The van der Waals surface area contributed by atoms with Gasteiger partial charge in [-0.05, 0) is 25.0 Å². The van der Waals surface area contributed by atoms with Crippen molar-refractivity contribution >= 4 is 23.5 Å². The Kier molecular flexibility index (Phi) is 5.64. The summed E-state index contributed by atoms with van der Waals surface area (Å²) in [4.78, 5) is 43.7. The van der Waals surface area contributed by atoms with E-state index in [4.69, 9.17) is 4.52 Å². The maximum Gasteiger partial charge on any atom is 0.332 e. The third kappa shape index (κ3) is 4.00.